The van der Waals surface area contributed by atoms with Crippen LogP contribution in [0.25, 0.3) is 0 Å². The molecule has 0 aromatic heterocycles. The number of carbonyl (C=O) groups is 12. The second kappa shape index (κ2) is 56.6. The highest BCUT2D eigenvalue weighted by Gasteiger charge is 2.31. The summed E-state index contributed by atoms with van der Waals surface area (Å²) < 4.78 is 21.7. The third-order valence-corrected chi connectivity index (χ3v) is 17.9. The second-order valence-electron chi connectivity index (χ2n) is 26.4. The highest BCUT2D eigenvalue weighted by atomic mass is 16.5. The van der Waals surface area contributed by atoms with E-state index in [0.29, 0.717) is 69.9 Å². The SMILES string of the molecule is CCCCc1ccc(C(=O)CCCCC[C@H](CC(=O)CNC(=O)COCCOCCCC(=O)COCCOCCCC(=O)[C@H](CCC(=O)O)NC(=O)CC[C@H](CC(=O)C2CCC(CNC(=O)CCCCCCCCCCCCCCCCCCC(=O)O)CC2)C(=O)O)C(N)=O)cc1. The highest BCUT2D eigenvalue weighted by molar-refractivity contribution is 5.96. The molecule has 1 fully saturated rings. The van der Waals surface area contributed by atoms with E-state index in [0.717, 1.165) is 70.6 Å². The van der Waals surface area contributed by atoms with Crippen molar-refractivity contribution in [1.82, 2.24) is 16.0 Å². The van der Waals surface area contributed by atoms with Crippen molar-refractivity contribution in [3.8, 4) is 0 Å². The molecule has 1 aromatic carbocycles. The van der Waals surface area contributed by atoms with E-state index in [1.165, 1.54) is 69.8 Å². The van der Waals surface area contributed by atoms with Gasteiger partial charge in [0, 0.05) is 94.9 Å². The van der Waals surface area contributed by atoms with Crippen LogP contribution in [-0.4, -0.2) is 158 Å². The number of carboxylic acids is 3. The number of aryl methyl sites for hydroxylation is 1. The quantitative estimate of drug-likeness (QED) is 0.0235. The Kier molecular flexibility index (Phi) is 50.6. The van der Waals surface area contributed by atoms with Gasteiger partial charge in [-0.3, -0.25) is 57.5 Å². The predicted molar refractivity (Wildman–Crippen MR) is 368 cm³/mol. The van der Waals surface area contributed by atoms with Crippen molar-refractivity contribution >= 4 is 70.5 Å². The average Bonchev–Trinajstić information content (AvgIpc) is 0.982. The van der Waals surface area contributed by atoms with Gasteiger partial charge >= 0.3 is 17.9 Å². The van der Waals surface area contributed by atoms with Gasteiger partial charge in [-0.2, -0.15) is 0 Å². The molecule has 550 valence electrons. The number of nitrogens with two attached hydrogens (primary N) is 1. The molecule has 1 saturated carbocycles. The minimum atomic E-state index is -1.21. The molecule has 0 bridgehead atoms. The molecule has 4 amide bonds. The Morgan fingerprint density at radius 1 is 0.474 bits per heavy atom. The van der Waals surface area contributed by atoms with Crippen LogP contribution >= 0.6 is 0 Å². The number of hydrogen-bond acceptors (Lipinski definition) is 16. The Balaban J connectivity index is 1.48. The van der Waals surface area contributed by atoms with Crippen LogP contribution < -0.4 is 21.7 Å². The number of rotatable bonds is 66. The molecule has 1 aromatic rings. The number of Topliss-reactive ketones (excluding diaryl/α,β-unsaturated/α-hetero) is 5. The van der Waals surface area contributed by atoms with E-state index >= 15 is 0 Å². The number of benzene rings is 1. The highest BCUT2D eigenvalue weighted by Crippen LogP contribution is 2.31. The monoisotopic (exact) mass is 1370 g/mol. The molecule has 0 radical (unpaired) electrons. The summed E-state index contributed by atoms with van der Waals surface area (Å²) in [5.41, 5.74) is 7.46. The van der Waals surface area contributed by atoms with Crippen LogP contribution in [0.3, 0.4) is 0 Å². The second-order valence-corrected chi connectivity index (χ2v) is 26.4. The van der Waals surface area contributed by atoms with Crippen LogP contribution in [0.5, 0.6) is 0 Å². The molecular weight excluding hydrogens is 1250 g/mol. The number of carboxylic acid groups (broad SMARTS) is 3. The first-order chi connectivity index (χ1) is 46.8. The Morgan fingerprint density at radius 2 is 1.01 bits per heavy atom. The maximum Gasteiger partial charge on any atom is 0.306 e. The van der Waals surface area contributed by atoms with E-state index < -0.39 is 59.3 Å². The van der Waals surface area contributed by atoms with Crippen molar-refractivity contribution < 1.29 is 91.8 Å². The van der Waals surface area contributed by atoms with Crippen molar-refractivity contribution in [2.24, 2.45) is 29.4 Å². The Morgan fingerprint density at radius 3 is 1.58 bits per heavy atom. The third-order valence-electron chi connectivity index (χ3n) is 17.9. The van der Waals surface area contributed by atoms with Crippen molar-refractivity contribution in [1.29, 1.82) is 0 Å². The molecule has 1 aliphatic rings. The maximum absolute atomic E-state index is 13.3. The molecule has 23 nitrogen and oxygen atoms in total. The zero-order chi connectivity index (χ0) is 71.1. The van der Waals surface area contributed by atoms with Crippen molar-refractivity contribution in [2.45, 2.75) is 270 Å². The lowest BCUT2D eigenvalue weighted by atomic mass is 9.78. The number of aliphatic carboxylic acids is 3. The number of ketones is 5. The lowest BCUT2D eigenvalue weighted by Gasteiger charge is -2.28. The first-order valence-electron chi connectivity index (χ1n) is 36.6. The average molecular weight is 1370 g/mol. The van der Waals surface area contributed by atoms with Crippen LogP contribution in [0, 0.1) is 23.7 Å². The van der Waals surface area contributed by atoms with E-state index in [2.05, 4.69) is 22.9 Å². The van der Waals surface area contributed by atoms with Gasteiger partial charge in [-0.25, -0.2) is 0 Å². The number of amides is 4. The summed E-state index contributed by atoms with van der Waals surface area (Å²) in [4.78, 5) is 148. The topological polar surface area (TPSA) is 365 Å². The lowest BCUT2D eigenvalue weighted by Crippen LogP contribution is -2.41. The molecule has 97 heavy (non-hydrogen) atoms. The van der Waals surface area contributed by atoms with Crippen LogP contribution in [0.1, 0.15) is 273 Å². The molecule has 8 N–H and O–H groups in total. The predicted octanol–water partition coefficient (Wildman–Crippen LogP) is 10.9. The fraction of sp³-hybridized carbons (Fsp3) is 0.757. The molecule has 0 spiro atoms. The van der Waals surface area contributed by atoms with Crippen LogP contribution in [0.15, 0.2) is 24.3 Å². The minimum absolute atomic E-state index is 0.0327. The number of unbranched alkanes of at least 4 members (excludes halogenated alkanes) is 18. The molecule has 0 saturated heterocycles. The van der Waals surface area contributed by atoms with Crippen molar-refractivity contribution in [3.63, 3.8) is 0 Å². The summed E-state index contributed by atoms with van der Waals surface area (Å²) in [6.07, 6.45) is 27.4. The van der Waals surface area contributed by atoms with Gasteiger partial charge in [-0.05, 0) is 101 Å². The van der Waals surface area contributed by atoms with Gasteiger partial charge in [0.2, 0.25) is 23.6 Å². The summed E-state index contributed by atoms with van der Waals surface area (Å²) in [6, 6.07) is 6.63. The van der Waals surface area contributed by atoms with Gasteiger partial charge in [0.05, 0.1) is 44.9 Å². The van der Waals surface area contributed by atoms with E-state index in [-0.39, 0.29) is 164 Å². The van der Waals surface area contributed by atoms with E-state index in [1.54, 1.807) is 0 Å². The summed E-state index contributed by atoms with van der Waals surface area (Å²) in [7, 11) is 0. The number of hydrogen-bond donors (Lipinski definition) is 7. The Bertz CT molecular complexity index is 2450. The first kappa shape index (κ1) is 86.8. The minimum Gasteiger partial charge on any atom is -0.481 e. The van der Waals surface area contributed by atoms with Crippen LogP contribution in [0.4, 0.5) is 0 Å². The van der Waals surface area contributed by atoms with E-state index in [9.17, 15) is 67.7 Å². The fourth-order valence-electron chi connectivity index (χ4n) is 11.9. The maximum atomic E-state index is 13.3. The smallest absolute Gasteiger partial charge is 0.306 e. The molecular formula is C74H120N4O19. The van der Waals surface area contributed by atoms with Crippen molar-refractivity contribution in [3.05, 3.63) is 35.4 Å². The molecule has 23 heteroatoms. The Labute approximate surface area is 576 Å². The lowest BCUT2D eigenvalue weighted by molar-refractivity contribution is -0.145. The summed E-state index contributed by atoms with van der Waals surface area (Å²) in [6.45, 7) is 2.90. The zero-order valence-electron chi connectivity index (χ0n) is 58.5. The first-order valence-corrected chi connectivity index (χ1v) is 36.6. The van der Waals surface area contributed by atoms with Crippen molar-refractivity contribution in [2.75, 3.05) is 65.9 Å². The Hall–Kier alpha value is -6.30. The zero-order valence-corrected chi connectivity index (χ0v) is 58.5. The molecule has 1 aliphatic carbocycles. The van der Waals surface area contributed by atoms with E-state index in [1.807, 2.05) is 24.3 Å². The number of ether oxygens (including phenoxy) is 4. The normalized spacial score (nSPS) is 14.6. The largest absolute Gasteiger partial charge is 0.481 e. The van der Waals surface area contributed by atoms with Gasteiger partial charge in [0.25, 0.3) is 0 Å². The molecule has 0 heterocycles. The summed E-state index contributed by atoms with van der Waals surface area (Å²) in [5.74, 6) is -7.60. The summed E-state index contributed by atoms with van der Waals surface area (Å²) >= 11 is 0. The number of carbonyl (C=O) groups excluding carboxylic acids is 9. The molecule has 3 atom stereocenters. The number of nitrogens with one attached hydrogen (secondary N) is 3. The van der Waals surface area contributed by atoms with Gasteiger partial charge in [0.1, 0.15) is 19.0 Å². The van der Waals surface area contributed by atoms with Gasteiger partial charge in [0.15, 0.2) is 23.1 Å². The van der Waals surface area contributed by atoms with Gasteiger partial charge in [-0.1, -0.05) is 140 Å². The van der Waals surface area contributed by atoms with Gasteiger partial charge < -0.3 is 56.0 Å². The molecule has 2 rings (SSSR count). The van der Waals surface area contributed by atoms with E-state index in [4.69, 9.17) is 29.8 Å². The third kappa shape index (κ3) is 47.4. The number of primary amides is 1. The van der Waals surface area contributed by atoms with Crippen LogP contribution in [-0.2, 0) is 78.1 Å². The fourth-order valence-corrected chi connectivity index (χ4v) is 11.9. The van der Waals surface area contributed by atoms with Gasteiger partial charge in [-0.15, -0.1) is 0 Å². The van der Waals surface area contributed by atoms with Crippen LogP contribution in [0.2, 0.25) is 0 Å². The summed E-state index contributed by atoms with van der Waals surface area (Å²) in [5, 5.41) is 36.1. The standard InChI is InChI=1S/C74H120N4O19/c1-2-3-25-56-32-36-58(37-33-56)65(81)28-20-18-19-26-60(73(75)91)50-63(80)53-77-70(86)55-97-49-47-94-44-23-27-62(79)54-96-48-46-95-45-24-29-66(82)64(41-43-72(89)90)78-69(85)42-40-61(74(92)93)51-67(83)59-38-34-57(35-39-59)52-76-68(84)30-21-16-14-12-10-8-6-4-5-7-9-11-13-15-17-22-31-71(87)88/h32-33,36-37,57,59-61,64H,2-31,34-35,38-55H2,1H3,(H2,75,91)(H,76,84)(H,77,86)(H,78,85)(H,87,88)(H,89,90)(H,92,93)/t57?,59?,60-,61-,64+/m1/s1. The molecule has 0 aliphatic heterocycles. The molecule has 0 unspecified atom stereocenters.